The fraction of sp³-hybridized carbons (Fsp3) is 0.429. The van der Waals surface area contributed by atoms with Gasteiger partial charge in [-0.2, -0.15) is 5.10 Å². The Morgan fingerprint density at radius 1 is 1.58 bits per heavy atom. The molecule has 1 atom stereocenters. The molecule has 0 radical (unpaired) electrons. The van der Waals surface area contributed by atoms with E-state index in [2.05, 4.69) is 15.5 Å². The number of nitrogens with one attached hydrogen (secondary N) is 2. The van der Waals surface area contributed by atoms with Gasteiger partial charge in [-0.3, -0.25) is 9.89 Å². The first kappa shape index (κ1) is 12.2. The van der Waals surface area contributed by atoms with E-state index in [0.717, 1.165) is 42.5 Å². The van der Waals surface area contributed by atoms with Crippen molar-refractivity contribution in [2.24, 2.45) is 5.92 Å². The minimum Gasteiger partial charge on any atom is -0.338 e. The SMILES string of the molecule is CNC[C@H]1CCN(C(=O)c2ccc3[nH]ncc3c2)C1. The summed E-state index contributed by atoms with van der Waals surface area (Å²) in [5.41, 5.74) is 1.71. The van der Waals surface area contributed by atoms with Crippen LogP contribution >= 0.6 is 0 Å². The van der Waals surface area contributed by atoms with Crippen molar-refractivity contribution < 1.29 is 4.79 Å². The summed E-state index contributed by atoms with van der Waals surface area (Å²) in [4.78, 5) is 14.4. The Labute approximate surface area is 112 Å². The largest absolute Gasteiger partial charge is 0.338 e. The highest BCUT2D eigenvalue weighted by Crippen LogP contribution is 2.20. The summed E-state index contributed by atoms with van der Waals surface area (Å²) in [5, 5.41) is 11.0. The van der Waals surface area contributed by atoms with Crippen LogP contribution in [0.15, 0.2) is 24.4 Å². The van der Waals surface area contributed by atoms with Crippen LogP contribution < -0.4 is 5.32 Å². The quantitative estimate of drug-likeness (QED) is 0.871. The number of rotatable bonds is 3. The van der Waals surface area contributed by atoms with Gasteiger partial charge in [-0.25, -0.2) is 0 Å². The summed E-state index contributed by atoms with van der Waals surface area (Å²) in [6.45, 7) is 2.68. The molecule has 1 amide bonds. The zero-order chi connectivity index (χ0) is 13.2. The van der Waals surface area contributed by atoms with Gasteiger partial charge in [0.1, 0.15) is 0 Å². The number of fused-ring (bicyclic) bond motifs is 1. The lowest BCUT2D eigenvalue weighted by molar-refractivity contribution is 0.0787. The Kier molecular flexibility index (Phi) is 3.21. The van der Waals surface area contributed by atoms with Crippen LogP contribution in [0.5, 0.6) is 0 Å². The van der Waals surface area contributed by atoms with Crippen molar-refractivity contribution in [3.05, 3.63) is 30.0 Å². The van der Waals surface area contributed by atoms with Gasteiger partial charge in [0.25, 0.3) is 5.91 Å². The van der Waals surface area contributed by atoms with Crippen molar-refractivity contribution in [2.45, 2.75) is 6.42 Å². The van der Waals surface area contributed by atoms with Crippen molar-refractivity contribution in [2.75, 3.05) is 26.7 Å². The second-order valence-corrected chi connectivity index (χ2v) is 5.14. The van der Waals surface area contributed by atoms with Crippen LogP contribution in [0, 0.1) is 5.92 Å². The third-order valence-corrected chi connectivity index (χ3v) is 3.75. The number of carbonyl (C=O) groups is 1. The molecule has 5 nitrogen and oxygen atoms in total. The summed E-state index contributed by atoms with van der Waals surface area (Å²) in [5.74, 6) is 0.702. The Balaban J connectivity index is 1.76. The topological polar surface area (TPSA) is 61.0 Å². The highest BCUT2D eigenvalue weighted by atomic mass is 16.2. The number of aromatic nitrogens is 2. The molecule has 2 aromatic rings. The number of aromatic amines is 1. The van der Waals surface area contributed by atoms with Crippen LogP contribution in [0.1, 0.15) is 16.8 Å². The maximum atomic E-state index is 12.4. The van der Waals surface area contributed by atoms with E-state index in [1.807, 2.05) is 30.1 Å². The molecule has 2 N–H and O–H groups in total. The molecule has 1 aromatic carbocycles. The average Bonchev–Trinajstić information content (AvgIpc) is 3.05. The first-order valence-corrected chi connectivity index (χ1v) is 6.65. The molecule has 1 saturated heterocycles. The molecule has 0 saturated carbocycles. The lowest BCUT2D eigenvalue weighted by Gasteiger charge is -2.16. The molecule has 0 bridgehead atoms. The number of carbonyl (C=O) groups excluding carboxylic acids is 1. The molecule has 1 fully saturated rings. The first-order valence-electron chi connectivity index (χ1n) is 6.65. The monoisotopic (exact) mass is 258 g/mol. The third-order valence-electron chi connectivity index (χ3n) is 3.75. The number of hydrogen-bond donors (Lipinski definition) is 2. The predicted molar refractivity (Wildman–Crippen MR) is 74.0 cm³/mol. The molecule has 2 heterocycles. The number of hydrogen-bond acceptors (Lipinski definition) is 3. The van der Waals surface area contributed by atoms with Gasteiger partial charge in [0.15, 0.2) is 0 Å². The molecular weight excluding hydrogens is 240 g/mol. The zero-order valence-electron chi connectivity index (χ0n) is 11.0. The summed E-state index contributed by atoms with van der Waals surface area (Å²) >= 11 is 0. The molecule has 19 heavy (non-hydrogen) atoms. The highest BCUT2D eigenvalue weighted by molar-refractivity contribution is 5.98. The molecule has 0 unspecified atom stereocenters. The van der Waals surface area contributed by atoms with Gasteiger partial charge in [-0.1, -0.05) is 0 Å². The molecule has 1 aromatic heterocycles. The lowest BCUT2D eigenvalue weighted by atomic mass is 10.1. The van der Waals surface area contributed by atoms with Gasteiger partial charge in [-0.05, 0) is 44.1 Å². The molecule has 3 rings (SSSR count). The van der Waals surface area contributed by atoms with Crippen LogP contribution in [0.3, 0.4) is 0 Å². The van der Waals surface area contributed by atoms with Gasteiger partial charge in [0.2, 0.25) is 0 Å². The molecule has 5 heteroatoms. The molecule has 0 spiro atoms. The van der Waals surface area contributed by atoms with Crippen molar-refractivity contribution in [3.8, 4) is 0 Å². The third kappa shape index (κ3) is 2.33. The minimum atomic E-state index is 0.127. The van der Waals surface area contributed by atoms with Crippen molar-refractivity contribution in [1.29, 1.82) is 0 Å². The first-order chi connectivity index (χ1) is 9.28. The second kappa shape index (κ2) is 5.01. The number of nitrogens with zero attached hydrogens (tertiary/aromatic N) is 2. The van der Waals surface area contributed by atoms with E-state index >= 15 is 0 Å². The Bertz CT molecular complexity index is 592. The van der Waals surface area contributed by atoms with E-state index in [0.29, 0.717) is 5.92 Å². The van der Waals surface area contributed by atoms with Gasteiger partial charge >= 0.3 is 0 Å². The van der Waals surface area contributed by atoms with Crippen LogP contribution in [-0.2, 0) is 0 Å². The summed E-state index contributed by atoms with van der Waals surface area (Å²) in [6, 6.07) is 5.69. The van der Waals surface area contributed by atoms with E-state index in [-0.39, 0.29) is 5.91 Å². The Morgan fingerprint density at radius 3 is 3.32 bits per heavy atom. The summed E-state index contributed by atoms with van der Waals surface area (Å²) < 4.78 is 0. The average molecular weight is 258 g/mol. The van der Waals surface area contributed by atoms with Crippen molar-refractivity contribution in [3.63, 3.8) is 0 Å². The molecule has 0 aliphatic carbocycles. The smallest absolute Gasteiger partial charge is 0.253 e. The molecular formula is C14H18N4O. The number of amides is 1. The highest BCUT2D eigenvalue weighted by Gasteiger charge is 2.26. The predicted octanol–water partition coefficient (Wildman–Crippen LogP) is 1.24. The van der Waals surface area contributed by atoms with Gasteiger partial charge < -0.3 is 10.2 Å². The molecule has 1 aliphatic heterocycles. The normalized spacial score (nSPS) is 19.2. The van der Waals surface area contributed by atoms with E-state index in [1.54, 1.807) is 6.20 Å². The van der Waals surface area contributed by atoms with Gasteiger partial charge in [-0.15, -0.1) is 0 Å². The van der Waals surface area contributed by atoms with Crippen LogP contribution in [-0.4, -0.2) is 47.7 Å². The minimum absolute atomic E-state index is 0.127. The fourth-order valence-corrected chi connectivity index (χ4v) is 2.73. The van der Waals surface area contributed by atoms with Crippen LogP contribution in [0.4, 0.5) is 0 Å². The molecule has 1 aliphatic rings. The Morgan fingerprint density at radius 2 is 2.47 bits per heavy atom. The summed E-state index contributed by atoms with van der Waals surface area (Å²) in [7, 11) is 1.96. The Hall–Kier alpha value is -1.88. The second-order valence-electron chi connectivity index (χ2n) is 5.14. The zero-order valence-corrected chi connectivity index (χ0v) is 11.0. The van der Waals surface area contributed by atoms with Crippen LogP contribution in [0.2, 0.25) is 0 Å². The summed E-state index contributed by atoms with van der Waals surface area (Å²) in [6.07, 6.45) is 2.83. The molecule has 100 valence electrons. The number of H-pyrrole nitrogens is 1. The lowest BCUT2D eigenvalue weighted by Crippen LogP contribution is -2.30. The maximum Gasteiger partial charge on any atom is 0.253 e. The maximum absolute atomic E-state index is 12.4. The number of benzene rings is 1. The number of likely N-dealkylation sites (tertiary alicyclic amines) is 1. The van der Waals surface area contributed by atoms with Gasteiger partial charge in [0.05, 0.1) is 11.7 Å². The van der Waals surface area contributed by atoms with Gasteiger partial charge in [0, 0.05) is 24.0 Å². The van der Waals surface area contributed by atoms with E-state index in [4.69, 9.17) is 0 Å². The van der Waals surface area contributed by atoms with E-state index in [1.165, 1.54) is 0 Å². The van der Waals surface area contributed by atoms with Crippen LogP contribution in [0.25, 0.3) is 10.9 Å². The van der Waals surface area contributed by atoms with Crippen molar-refractivity contribution >= 4 is 16.8 Å². The fourth-order valence-electron chi connectivity index (χ4n) is 2.73. The van der Waals surface area contributed by atoms with E-state index in [9.17, 15) is 4.79 Å². The van der Waals surface area contributed by atoms with Crippen molar-refractivity contribution in [1.82, 2.24) is 20.4 Å². The standard InChI is InChI=1S/C14H18N4O/c1-15-7-10-4-5-18(9-10)14(19)11-2-3-13-12(6-11)8-16-17-13/h2-3,6,8,10,15H,4-5,7,9H2,1H3,(H,16,17)/t10-/m1/s1. The van der Waals surface area contributed by atoms with E-state index < -0.39 is 0 Å².